The number of benzene rings is 1. The fraction of sp³-hybridized carbons (Fsp3) is 0.389. The Morgan fingerprint density at radius 3 is 2.67 bits per heavy atom. The summed E-state index contributed by atoms with van der Waals surface area (Å²) in [5.41, 5.74) is 0. The largest absolute Gasteiger partial charge is 0.352 e. The van der Waals surface area contributed by atoms with Crippen LogP contribution in [0.2, 0.25) is 5.02 Å². The Kier molecular flexibility index (Phi) is 5.89. The fourth-order valence-corrected chi connectivity index (χ4v) is 4.46. The van der Waals surface area contributed by atoms with Gasteiger partial charge in [0.15, 0.2) is 0 Å². The molecule has 1 N–H and O–H groups in total. The van der Waals surface area contributed by atoms with E-state index in [0.29, 0.717) is 13.1 Å². The maximum atomic E-state index is 11.8. The number of thiophene rings is 1. The summed E-state index contributed by atoms with van der Waals surface area (Å²) in [4.78, 5) is 17.6. The molecule has 1 aliphatic rings. The van der Waals surface area contributed by atoms with Crippen LogP contribution in [0, 0.1) is 0 Å². The van der Waals surface area contributed by atoms with Crippen LogP contribution in [0.15, 0.2) is 36.9 Å². The lowest BCUT2D eigenvalue weighted by molar-refractivity contribution is -0.122. The van der Waals surface area contributed by atoms with Crippen LogP contribution >= 0.6 is 22.9 Å². The third-order valence-electron chi connectivity index (χ3n) is 4.24. The van der Waals surface area contributed by atoms with Gasteiger partial charge in [-0.15, -0.1) is 17.9 Å². The number of carbonyl (C=O) groups excluding carboxylic acids is 1. The van der Waals surface area contributed by atoms with Crippen LogP contribution in [0.5, 0.6) is 0 Å². The third kappa shape index (κ3) is 4.16. The molecule has 1 aromatic heterocycles. The lowest BCUT2D eigenvalue weighted by Crippen LogP contribution is -2.49. The van der Waals surface area contributed by atoms with Crippen LogP contribution in [-0.2, 0) is 11.3 Å². The van der Waals surface area contributed by atoms with Gasteiger partial charge in [-0.25, -0.2) is 0 Å². The topological polar surface area (TPSA) is 35.6 Å². The molecule has 0 aliphatic carbocycles. The minimum atomic E-state index is 0.0656. The highest BCUT2D eigenvalue weighted by atomic mass is 35.5. The van der Waals surface area contributed by atoms with Gasteiger partial charge in [0.2, 0.25) is 5.91 Å². The van der Waals surface area contributed by atoms with E-state index in [1.54, 1.807) is 17.4 Å². The Labute approximate surface area is 151 Å². The van der Waals surface area contributed by atoms with Crippen molar-refractivity contribution in [2.45, 2.75) is 6.54 Å². The van der Waals surface area contributed by atoms with Gasteiger partial charge in [-0.3, -0.25) is 14.6 Å². The van der Waals surface area contributed by atoms with Crippen LogP contribution in [0.4, 0.5) is 0 Å². The highest BCUT2D eigenvalue weighted by Crippen LogP contribution is 2.35. The second-order valence-electron chi connectivity index (χ2n) is 5.98. The molecule has 3 rings (SSSR count). The third-order valence-corrected chi connectivity index (χ3v) is 5.94. The van der Waals surface area contributed by atoms with Gasteiger partial charge in [0.1, 0.15) is 0 Å². The van der Waals surface area contributed by atoms with Gasteiger partial charge in [-0.05, 0) is 6.07 Å². The zero-order valence-electron chi connectivity index (χ0n) is 13.6. The summed E-state index contributed by atoms with van der Waals surface area (Å²) < 4.78 is 1.25. The van der Waals surface area contributed by atoms with Crippen molar-refractivity contribution in [2.75, 3.05) is 39.3 Å². The van der Waals surface area contributed by atoms with Gasteiger partial charge >= 0.3 is 0 Å². The summed E-state index contributed by atoms with van der Waals surface area (Å²) in [5, 5.41) is 4.87. The summed E-state index contributed by atoms with van der Waals surface area (Å²) in [6, 6.07) is 8.28. The molecule has 0 radical (unpaired) electrons. The molecule has 1 saturated heterocycles. The second kappa shape index (κ2) is 8.12. The zero-order chi connectivity index (χ0) is 16.9. The van der Waals surface area contributed by atoms with Crippen molar-refractivity contribution in [1.82, 2.24) is 15.1 Å². The van der Waals surface area contributed by atoms with Crippen molar-refractivity contribution in [3.63, 3.8) is 0 Å². The Hall–Kier alpha value is -1.40. The molecule has 1 amide bonds. The minimum Gasteiger partial charge on any atom is -0.352 e. The number of amides is 1. The van der Waals surface area contributed by atoms with Crippen LogP contribution in [0.3, 0.4) is 0 Å². The monoisotopic (exact) mass is 363 g/mol. The first-order valence-corrected chi connectivity index (χ1v) is 9.35. The van der Waals surface area contributed by atoms with E-state index < -0.39 is 0 Å². The second-order valence-corrected chi connectivity index (χ2v) is 7.50. The first-order chi connectivity index (χ1) is 11.7. The van der Waals surface area contributed by atoms with E-state index in [1.165, 1.54) is 9.58 Å². The molecule has 2 heterocycles. The minimum absolute atomic E-state index is 0.0656. The van der Waals surface area contributed by atoms with Crippen molar-refractivity contribution in [2.24, 2.45) is 0 Å². The number of carbonyl (C=O) groups is 1. The lowest BCUT2D eigenvalue weighted by Gasteiger charge is -2.34. The molecule has 0 saturated carbocycles. The molecule has 24 heavy (non-hydrogen) atoms. The number of nitrogens with zero attached hydrogens (tertiary/aromatic N) is 2. The van der Waals surface area contributed by atoms with Crippen LogP contribution in [0.25, 0.3) is 10.1 Å². The standard InChI is InChI=1S/C18H22ClN3OS/c1-2-7-20-17(23)13-22-10-8-21(9-11-22)12-16-18(19)14-5-3-4-6-15(14)24-16/h2-6H,1,7-13H2,(H,20,23). The molecule has 128 valence electrons. The normalized spacial score (nSPS) is 16.4. The van der Waals surface area contributed by atoms with E-state index in [0.717, 1.165) is 43.1 Å². The predicted octanol–water partition coefficient (Wildman–Crippen LogP) is 2.97. The van der Waals surface area contributed by atoms with Gasteiger partial charge in [0, 0.05) is 54.2 Å². The van der Waals surface area contributed by atoms with Gasteiger partial charge in [0.25, 0.3) is 0 Å². The number of hydrogen-bond acceptors (Lipinski definition) is 4. The van der Waals surface area contributed by atoms with E-state index in [-0.39, 0.29) is 5.91 Å². The van der Waals surface area contributed by atoms with E-state index in [1.807, 2.05) is 6.07 Å². The van der Waals surface area contributed by atoms with Crippen LogP contribution in [-0.4, -0.2) is 55.0 Å². The molecule has 0 spiro atoms. The number of nitrogens with one attached hydrogen (secondary N) is 1. The summed E-state index contributed by atoms with van der Waals surface area (Å²) in [7, 11) is 0. The van der Waals surface area contributed by atoms with Gasteiger partial charge in [0.05, 0.1) is 11.6 Å². The maximum Gasteiger partial charge on any atom is 0.234 e. The molecular weight excluding hydrogens is 342 g/mol. The van der Waals surface area contributed by atoms with Crippen LogP contribution < -0.4 is 5.32 Å². The number of piperazine rings is 1. The summed E-state index contributed by atoms with van der Waals surface area (Å²) in [5.74, 6) is 0.0656. The Bertz CT molecular complexity index is 722. The van der Waals surface area contributed by atoms with Crippen molar-refractivity contribution in [3.8, 4) is 0 Å². The summed E-state index contributed by atoms with van der Waals surface area (Å²) >= 11 is 8.31. The molecule has 1 aromatic carbocycles. The molecule has 1 fully saturated rings. The molecule has 4 nitrogen and oxygen atoms in total. The first-order valence-electron chi connectivity index (χ1n) is 8.15. The highest BCUT2D eigenvalue weighted by Gasteiger charge is 2.20. The Balaban J connectivity index is 1.52. The summed E-state index contributed by atoms with van der Waals surface area (Å²) in [6.07, 6.45) is 1.70. The van der Waals surface area contributed by atoms with E-state index >= 15 is 0 Å². The fourth-order valence-electron chi connectivity index (χ4n) is 2.92. The number of rotatable bonds is 6. The van der Waals surface area contributed by atoms with Gasteiger partial charge < -0.3 is 5.32 Å². The smallest absolute Gasteiger partial charge is 0.234 e. The van der Waals surface area contributed by atoms with Crippen molar-refractivity contribution < 1.29 is 4.79 Å². The molecule has 0 unspecified atom stereocenters. The average molecular weight is 364 g/mol. The molecular formula is C18H22ClN3OS. The van der Waals surface area contributed by atoms with Crippen molar-refractivity contribution in [3.05, 3.63) is 46.8 Å². The van der Waals surface area contributed by atoms with E-state index in [9.17, 15) is 4.79 Å². The van der Waals surface area contributed by atoms with Gasteiger partial charge in [-0.1, -0.05) is 35.9 Å². The van der Waals surface area contributed by atoms with E-state index in [2.05, 4.69) is 39.9 Å². The number of hydrogen-bond donors (Lipinski definition) is 1. The van der Waals surface area contributed by atoms with Gasteiger partial charge in [-0.2, -0.15) is 0 Å². The van der Waals surface area contributed by atoms with Crippen molar-refractivity contribution >= 4 is 38.9 Å². The molecule has 0 atom stereocenters. The SMILES string of the molecule is C=CCNC(=O)CN1CCN(Cc2sc3ccccc3c2Cl)CC1. The van der Waals surface area contributed by atoms with Crippen molar-refractivity contribution in [1.29, 1.82) is 0 Å². The number of fused-ring (bicyclic) bond motifs is 1. The lowest BCUT2D eigenvalue weighted by atomic mass is 10.2. The predicted molar refractivity (Wildman–Crippen MR) is 102 cm³/mol. The summed E-state index contributed by atoms with van der Waals surface area (Å²) in [6.45, 7) is 9.21. The first kappa shape index (κ1) is 17.4. The molecule has 0 bridgehead atoms. The molecule has 6 heteroatoms. The quantitative estimate of drug-likeness (QED) is 0.801. The number of halogens is 1. The molecule has 1 aliphatic heterocycles. The highest BCUT2D eigenvalue weighted by molar-refractivity contribution is 7.19. The molecule has 2 aromatic rings. The van der Waals surface area contributed by atoms with Crippen LogP contribution in [0.1, 0.15) is 4.88 Å². The maximum absolute atomic E-state index is 11.8. The van der Waals surface area contributed by atoms with E-state index in [4.69, 9.17) is 11.6 Å². The average Bonchev–Trinajstić information content (AvgIpc) is 2.91. The Morgan fingerprint density at radius 2 is 1.96 bits per heavy atom. The Morgan fingerprint density at radius 1 is 1.25 bits per heavy atom. The zero-order valence-corrected chi connectivity index (χ0v) is 15.2.